The molecule has 1 atom stereocenters. The molecule has 0 aliphatic heterocycles. The predicted molar refractivity (Wildman–Crippen MR) is 121 cm³/mol. The van der Waals surface area contributed by atoms with Crippen LogP contribution in [0.15, 0.2) is 54.6 Å². The van der Waals surface area contributed by atoms with Gasteiger partial charge in [-0.15, -0.1) is 0 Å². The van der Waals surface area contributed by atoms with Crippen molar-refractivity contribution in [1.29, 1.82) is 0 Å². The molecule has 164 valence electrons. The van der Waals surface area contributed by atoms with E-state index in [1.54, 1.807) is 24.3 Å². The summed E-state index contributed by atoms with van der Waals surface area (Å²) in [6.45, 7) is 8.32. The Hall–Kier alpha value is -2.54. The third-order valence-electron chi connectivity index (χ3n) is 4.90. The van der Waals surface area contributed by atoms with Crippen molar-refractivity contribution in [2.75, 3.05) is 23.7 Å². The smallest absolute Gasteiger partial charge is 0.240 e. The molecule has 2 aromatic rings. The number of amides is 1. The molecule has 7 heteroatoms. The van der Waals surface area contributed by atoms with Crippen LogP contribution in [0.3, 0.4) is 0 Å². The van der Waals surface area contributed by atoms with Crippen LogP contribution in [0.4, 0.5) is 5.69 Å². The highest BCUT2D eigenvalue weighted by Gasteiger charge is 2.26. The number of nitrogens with one attached hydrogen (secondary N) is 1. The Balaban J connectivity index is 2.05. The molecule has 0 heterocycles. The fraction of sp³-hybridized carbons (Fsp3) is 0.435. The summed E-state index contributed by atoms with van der Waals surface area (Å²) in [5.74, 6) is 0.307. The molecule has 1 unspecified atom stereocenters. The minimum atomic E-state index is -3.62. The number of hydrogen-bond donors (Lipinski definition) is 1. The lowest BCUT2D eigenvalue weighted by molar-refractivity contribution is -0.120. The summed E-state index contributed by atoms with van der Waals surface area (Å²) in [6.07, 6.45) is 1.82. The number of nitrogens with zero attached hydrogens (tertiary/aromatic N) is 1. The standard InChI is InChI=1S/C23H32N2O4S/c1-6-29-21-14-12-20(13-15-21)25(30(5,27)28)17-22(26)24-18(2)16-23(3,4)19-10-8-7-9-11-19/h7-15,18H,6,16-17H2,1-5H3,(H,24,26). The molecule has 6 nitrogen and oxygen atoms in total. The number of carbonyl (C=O) groups is 1. The number of benzene rings is 2. The predicted octanol–water partition coefficient (Wildman–Crippen LogP) is 3.72. The summed E-state index contributed by atoms with van der Waals surface area (Å²) in [5, 5.41) is 2.94. The van der Waals surface area contributed by atoms with Gasteiger partial charge in [-0.3, -0.25) is 9.10 Å². The monoisotopic (exact) mass is 432 g/mol. The van der Waals surface area contributed by atoms with E-state index in [1.807, 2.05) is 32.0 Å². The summed E-state index contributed by atoms with van der Waals surface area (Å²) in [6, 6.07) is 16.7. The molecule has 0 saturated heterocycles. The summed E-state index contributed by atoms with van der Waals surface area (Å²) < 4.78 is 31.1. The molecular weight excluding hydrogens is 400 g/mol. The lowest BCUT2D eigenvalue weighted by atomic mass is 9.79. The van der Waals surface area contributed by atoms with Gasteiger partial charge in [-0.2, -0.15) is 0 Å². The van der Waals surface area contributed by atoms with Gasteiger partial charge in [0.15, 0.2) is 0 Å². The second-order valence-electron chi connectivity index (χ2n) is 8.12. The second kappa shape index (κ2) is 9.98. The summed E-state index contributed by atoms with van der Waals surface area (Å²) in [5.41, 5.74) is 1.49. The van der Waals surface area contributed by atoms with Crippen molar-refractivity contribution < 1.29 is 17.9 Å². The van der Waals surface area contributed by atoms with Crippen LogP contribution in [-0.2, 0) is 20.2 Å². The van der Waals surface area contributed by atoms with Gasteiger partial charge in [0, 0.05) is 6.04 Å². The van der Waals surface area contributed by atoms with Crippen LogP contribution < -0.4 is 14.4 Å². The van der Waals surface area contributed by atoms with E-state index in [-0.39, 0.29) is 23.9 Å². The van der Waals surface area contributed by atoms with E-state index >= 15 is 0 Å². The van der Waals surface area contributed by atoms with Gasteiger partial charge in [0.05, 0.1) is 18.6 Å². The zero-order valence-corrected chi connectivity index (χ0v) is 19.2. The quantitative estimate of drug-likeness (QED) is 0.621. The van der Waals surface area contributed by atoms with Crippen LogP contribution in [0, 0.1) is 0 Å². The van der Waals surface area contributed by atoms with Crippen molar-refractivity contribution in [3.63, 3.8) is 0 Å². The average molecular weight is 433 g/mol. The molecule has 0 bridgehead atoms. The molecule has 0 aromatic heterocycles. The third-order valence-corrected chi connectivity index (χ3v) is 6.04. The number of sulfonamides is 1. The number of ether oxygens (including phenoxy) is 1. The van der Waals surface area contributed by atoms with E-state index in [0.29, 0.717) is 18.0 Å². The van der Waals surface area contributed by atoms with Crippen LogP contribution in [0.1, 0.15) is 39.7 Å². The summed E-state index contributed by atoms with van der Waals surface area (Å²) in [4.78, 5) is 12.6. The Morgan fingerprint density at radius 2 is 1.70 bits per heavy atom. The van der Waals surface area contributed by atoms with E-state index in [1.165, 1.54) is 5.56 Å². The molecule has 1 N–H and O–H groups in total. The minimum Gasteiger partial charge on any atom is -0.494 e. The maximum absolute atomic E-state index is 12.6. The third kappa shape index (κ3) is 6.76. The minimum absolute atomic E-state index is 0.116. The largest absolute Gasteiger partial charge is 0.494 e. The molecule has 0 fully saturated rings. The fourth-order valence-electron chi connectivity index (χ4n) is 3.55. The Kier molecular flexibility index (Phi) is 7.89. The van der Waals surface area contributed by atoms with Crippen molar-refractivity contribution >= 4 is 21.6 Å². The van der Waals surface area contributed by atoms with Crippen molar-refractivity contribution in [3.05, 3.63) is 60.2 Å². The number of rotatable bonds is 10. The number of anilines is 1. The van der Waals surface area contributed by atoms with Gasteiger partial charge >= 0.3 is 0 Å². The Labute approximate surface area is 180 Å². The van der Waals surface area contributed by atoms with Crippen LogP contribution in [0.5, 0.6) is 5.75 Å². The highest BCUT2D eigenvalue weighted by atomic mass is 32.2. The van der Waals surface area contributed by atoms with E-state index in [4.69, 9.17) is 4.74 Å². The molecule has 1 amide bonds. The van der Waals surface area contributed by atoms with Gasteiger partial charge < -0.3 is 10.1 Å². The van der Waals surface area contributed by atoms with E-state index < -0.39 is 10.0 Å². The first-order valence-corrected chi connectivity index (χ1v) is 11.9. The van der Waals surface area contributed by atoms with Gasteiger partial charge in [0.1, 0.15) is 12.3 Å². The Bertz CT molecular complexity index is 925. The highest BCUT2D eigenvalue weighted by molar-refractivity contribution is 7.92. The first kappa shape index (κ1) is 23.7. The molecule has 30 heavy (non-hydrogen) atoms. The zero-order chi connectivity index (χ0) is 22.4. The SMILES string of the molecule is CCOc1ccc(N(CC(=O)NC(C)CC(C)(C)c2ccccc2)S(C)(=O)=O)cc1. The molecule has 2 aromatic carbocycles. The van der Waals surface area contributed by atoms with Gasteiger partial charge in [-0.1, -0.05) is 44.2 Å². The lowest BCUT2D eigenvalue weighted by Gasteiger charge is -2.30. The number of carbonyl (C=O) groups excluding carboxylic acids is 1. The van der Waals surface area contributed by atoms with Gasteiger partial charge in [0.25, 0.3) is 0 Å². The molecular formula is C23H32N2O4S. The van der Waals surface area contributed by atoms with Crippen molar-refractivity contribution in [2.24, 2.45) is 0 Å². The highest BCUT2D eigenvalue weighted by Crippen LogP contribution is 2.28. The maximum atomic E-state index is 12.6. The average Bonchev–Trinajstić information content (AvgIpc) is 2.66. The molecule has 0 saturated carbocycles. The molecule has 0 radical (unpaired) electrons. The lowest BCUT2D eigenvalue weighted by Crippen LogP contribution is -2.44. The summed E-state index contributed by atoms with van der Waals surface area (Å²) in [7, 11) is -3.62. The first-order valence-electron chi connectivity index (χ1n) is 10.1. The molecule has 0 aliphatic carbocycles. The Morgan fingerprint density at radius 1 is 1.10 bits per heavy atom. The zero-order valence-electron chi connectivity index (χ0n) is 18.4. The van der Waals surface area contributed by atoms with Gasteiger partial charge in [-0.25, -0.2) is 8.42 Å². The Morgan fingerprint density at radius 3 is 2.23 bits per heavy atom. The van der Waals surface area contributed by atoms with Crippen molar-refractivity contribution in [2.45, 2.75) is 45.6 Å². The van der Waals surface area contributed by atoms with Crippen LogP contribution in [0.25, 0.3) is 0 Å². The van der Waals surface area contributed by atoms with Crippen LogP contribution in [0.2, 0.25) is 0 Å². The number of hydrogen-bond acceptors (Lipinski definition) is 4. The summed E-state index contributed by atoms with van der Waals surface area (Å²) >= 11 is 0. The topological polar surface area (TPSA) is 75.7 Å². The first-order chi connectivity index (χ1) is 14.0. The normalized spacial score (nSPS) is 12.8. The maximum Gasteiger partial charge on any atom is 0.240 e. The van der Waals surface area contributed by atoms with Crippen LogP contribution >= 0.6 is 0 Å². The molecule has 2 rings (SSSR count). The van der Waals surface area contributed by atoms with E-state index in [0.717, 1.165) is 17.0 Å². The van der Waals surface area contributed by atoms with Crippen molar-refractivity contribution in [1.82, 2.24) is 5.32 Å². The van der Waals surface area contributed by atoms with Gasteiger partial charge in [-0.05, 0) is 55.5 Å². The molecule has 0 aliphatic rings. The van der Waals surface area contributed by atoms with Crippen molar-refractivity contribution in [3.8, 4) is 5.75 Å². The van der Waals surface area contributed by atoms with Gasteiger partial charge in [0.2, 0.25) is 15.9 Å². The van der Waals surface area contributed by atoms with Crippen LogP contribution in [-0.4, -0.2) is 39.8 Å². The fourth-order valence-corrected chi connectivity index (χ4v) is 4.41. The second-order valence-corrected chi connectivity index (χ2v) is 10.0. The molecule has 0 spiro atoms. The van der Waals surface area contributed by atoms with E-state index in [2.05, 4.69) is 31.3 Å². The van der Waals surface area contributed by atoms with E-state index in [9.17, 15) is 13.2 Å².